The minimum atomic E-state index is 0. The van der Waals surface area contributed by atoms with E-state index in [-0.39, 0.29) is 29.9 Å². The van der Waals surface area contributed by atoms with Gasteiger partial charge >= 0.3 is 0 Å². The SMILES string of the molecule is CCC(CC)C(=O)N1CCC(NC(=NC)NCC(C)c2cccc(C)c2)CC1.I. The van der Waals surface area contributed by atoms with Crippen molar-refractivity contribution in [2.24, 2.45) is 10.9 Å². The summed E-state index contributed by atoms with van der Waals surface area (Å²) in [5.74, 6) is 1.78. The monoisotopic (exact) mass is 514 g/mol. The lowest BCUT2D eigenvalue weighted by molar-refractivity contribution is -0.136. The fraction of sp³-hybridized carbons (Fsp3) is 0.652. The Balaban J connectivity index is 0.00000420. The zero-order valence-electron chi connectivity index (χ0n) is 18.7. The van der Waals surface area contributed by atoms with E-state index in [4.69, 9.17) is 0 Å². The average Bonchev–Trinajstić information content (AvgIpc) is 2.72. The van der Waals surface area contributed by atoms with Gasteiger partial charge in [0.25, 0.3) is 0 Å². The average molecular weight is 514 g/mol. The van der Waals surface area contributed by atoms with Gasteiger partial charge in [-0.2, -0.15) is 0 Å². The molecule has 2 rings (SSSR count). The molecule has 5 nitrogen and oxygen atoms in total. The van der Waals surface area contributed by atoms with Crippen LogP contribution in [0.3, 0.4) is 0 Å². The van der Waals surface area contributed by atoms with Gasteiger partial charge in [-0.25, -0.2) is 0 Å². The third-order valence-corrected chi connectivity index (χ3v) is 5.89. The van der Waals surface area contributed by atoms with Crippen molar-refractivity contribution >= 4 is 35.8 Å². The number of aliphatic imine (C=N–C) groups is 1. The number of likely N-dealkylation sites (tertiary alicyclic amines) is 1. The van der Waals surface area contributed by atoms with Crippen molar-refractivity contribution in [1.29, 1.82) is 0 Å². The number of amides is 1. The molecular formula is C23H39IN4O. The Kier molecular flexibility index (Phi) is 11.6. The first-order valence-electron chi connectivity index (χ1n) is 10.8. The van der Waals surface area contributed by atoms with E-state index in [0.29, 0.717) is 17.9 Å². The number of benzene rings is 1. The Morgan fingerprint density at radius 2 is 1.90 bits per heavy atom. The summed E-state index contributed by atoms with van der Waals surface area (Å²) >= 11 is 0. The predicted octanol–water partition coefficient (Wildman–Crippen LogP) is 4.31. The molecule has 1 heterocycles. The second kappa shape index (κ2) is 13.1. The van der Waals surface area contributed by atoms with Gasteiger partial charge in [-0.3, -0.25) is 9.79 Å². The van der Waals surface area contributed by atoms with Gasteiger partial charge in [0.05, 0.1) is 0 Å². The largest absolute Gasteiger partial charge is 0.356 e. The van der Waals surface area contributed by atoms with E-state index in [1.165, 1.54) is 11.1 Å². The molecule has 2 N–H and O–H groups in total. The molecule has 164 valence electrons. The van der Waals surface area contributed by atoms with Crippen molar-refractivity contribution in [2.75, 3.05) is 26.7 Å². The Hall–Kier alpha value is -1.31. The summed E-state index contributed by atoms with van der Waals surface area (Å²) in [7, 11) is 1.82. The van der Waals surface area contributed by atoms with Crippen molar-refractivity contribution in [3.63, 3.8) is 0 Å². The van der Waals surface area contributed by atoms with Gasteiger partial charge in [-0.05, 0) is 44.1 Å². The van der Waals surface area contributed by atoms with E-state index >= 15 is 0 Å². The Morgan fingerprint density at radius 1 is 1.24 bits per heavy atom. The van der Waals surface area contributed by atoms with Crippen LogP contribution < -0.4 is 10.6 Å². The minimum Gasteiger partial charge on any atom is -0.356 e. The molecule has 0 bridgehead atoms. The highest BCUT2D eigenvalue weighted by molar-refractivity contribution is 14.0. The predicted molar refractivity (Wildman–Crippen MR) is 133 cm³/mol. The van der Waals surface area contributed by atoms with Crippen LogP contribution in [-0.4, -0.2) is 49.5 Å². The van der Waals surface area contributed by atoms with Gasteiger partial charge in [-0.1, -0.05) is 50.6 Å². The standard InChI is InChI=1S/C23H38N4O.HI/c1-6-19(7-2)22(28)27-13-11-21(12-14-27)26-23(24-5)25-16-18(4)20-10-8-9-17(3)15-20;/h8-10,15,18-19,21H,6-7,11-14,16H2,1-5H3,(H2,24,25,26);1H. The summed E-state index contributed by atoms with van der Waals surface area (Å²) in [5, 5.41) is 7.00. The number of hydrogen-bond donors (Lipinski definition) is 2. The minimum absolute atomic E-state index is 0. The Labute approximate surface area is 194 Å². The maximum atomic E-state index is 12.6. The first kappa shape index (κ1) is 25.7. The van der Waals surface area contributed by atoms with Gasteiger partial charge in [-0.15, -0.1) is 24.0 Å². The number of nitrogens with one attached hydrogen (secondary N) is 2. The normalized spacial score (nSPS) is 16.3. The first-order chi connectivity index (χ1) is 13.5. The zero-order chi connectivity index (χ0) is 20.5. The smallest absolute Gasteiger partial charge is 0.225 e. The molecule has 1 amide bonds. The second-order valence-corrected chi connectivity index (χ2v) is 8.03. The summed E-state index contributed by atoms with van der Waals surface area (Å²) in [6.45, 7) is 11.1. The van der Waals surface area contributed by atoms with Crippen LogP contribution in [0, 0.1) is 12.8 Å². The van der Waals surface area contributed by atoms with Crippen LogP contribution in [-0.2, 0) is 4.79 Å². The summed E-state index contributed by atoms with van der Waals surface area (Å²) in [4.78, 5) is 19.0. The number of carbonyl (C=O) groups excluding carboxylic acids is 1. The molecule has 1 saturated heterocycles. The quantitative estimate of drug-likeness (QED) is 0.324. The lowest BCUT2D eigenvalue weighted by Gasteiger charge is -2.35. The molecule has 0 radical (unpaired) electrons. The Morgan fingerprint density at radius 3 is 2.45 bits per heavy atom. The number of hydrogen-bond acceptors (Lipinski definition) is 2. The number of rotatable bonds is 7. The summed E-state index contributed by atoms with van der Waals surface area (Å²) in [5.41, 5.74) is 2.64. The van der Waals surface area contributed by atoms with Gasteiger partial charge in [0.1, 0.15) is 0 Å². The third-order valence-electron chi connectivity index (χ3n) is 5.89. The van der Waals surface area contributed by atoms with Crippen molar-refractivity contribution in [1.82, 2.24) is 15.5 Å². The molecule has 1 aliphatic rings. The first-order valence-corrected chi connectivity index (χ1v) is 10.8. The van der Waals surface area contributed by atoms with Crippen LogP contribution in [0.25, 0.3) is 0 Å². The highest BCUT2D eigenvalue weighted by atomic mass is 127. The third kappa shape index (κ3) is 7.79. The lowest BCUT2D eigenvalue weighted by atomic mass is 9.98. The maximum Gasteiger partial charge on any atom is 0.225 e. The van der Waals surface area contributed by atoms with Crippen LogP contribution in [0.2, 0.25) is 0 Å². The van der Waals surface area contributed by atoms with E-state index in [0.717, 1.165) is 51.3 Å². The highest BCUT2D eigenvalue weighted by Gasteiger charge is 2.26. The van der Waals surface area contributed by atoms with Crippen LogP contribution in [0.15, 0.2) is 29.3 Å². The molecule has 1 unspecified atom stereocenters. The van der Waals surface area contributed by atoms with Crippen molar-refractivity contribution in [2.45, 2.75) is 65.3 Å². The Bertz CT molecular complexity index is 652. The molecule has 1 aromatic rings. The number of nitrogens with zero attached hydrogens (tertiary/aromatic N) is 2. The topological polar surface area (TPSA) is 56.7 Å². The number of guanidine groups is 1. The molecule has 1 aromatic carbocycles. The van der Waals surface area contributed by atoms with E-state index in [1.807, 2.05) is 11.9 Å². The van der Waals surface area contributed by atoms with Gasteiger partial charge in [0.15, 0.2) is 5.96 Å². The molecule has 6 heteroatoms. The van der Waals surface area contributed by atoms with Crippen LogP contribution >= 0.6 is 24.0 Å². The maximum absolute atomic E-state index is 12.6. The van der Waals surface area contributed by atoms with Gasteiger partial charge in [0, 0.05) is 38.6 Å². The summed E-state index contributed by atoms with van der Waals surface area (Å²) in [6, 6.07) is 9.04. The van der Waals surface area contributed by atoms with Gasteiger partial charge < -0.3 is 15.5 Å². The van der Waals surface area contributed by atoms with E-state index < -0.39 is 0 Å². The molecule has 1 aliphatic heterocycles. The molecule has 1 fully saturated rings. The number of aryl methyl sites for hydroxylation is 1. The summed E-state index contributed by atoms with van der Waals surface area (Å²) < 4.78 is 0. The molecule has 0 aliphatic carbocycles. The molecule has 0 spiro atoms. The molecule has 1 atom stereocenters. The van der Waals surface area contributed by atoms with Crippen LogP contribution in [0.1, 0.15) is 63.5 Å². The highest BCUT2D eigenvalue weighted by Crippen LogP contribution is 2.18. The summed E-state index contributed by atoms with van der Waals surface area (Å²) in [6.07, 6.45) is 3.81. The molecule has 0 saturated carbocycles. The molecule has 0 aromatic heterocycles. The lowest BCUT2D eigenvalue weighted by Crippen LogP contribution is -2.51. The second-order valence-electron chi connectivity index (χ2n) is 8.03. The van der Waals surface area contributed by atoms with Crippen molar-refractivity contribution < 1.29 is 4.79 Å². The fourth-order valence-corrected chi connectivity index (χ4v) is 3.87. The number of carbonyl (C=O) groups is 1. The van der Waals surface area contributed by atoms with E-state index in [2.05, 4.69) is 67.6 Å². The fourth-order valence-electron chi connectivity index (χ4n) is 3.87. The van der Waals surface area contributed by atoms with Crippen LogP contribution in [0.5, 0.6) is 0 Å². The van der Waals surface area contributed by atoms with E-state index in [1.54, 1.807) is 0 Å². The van der Waals surface area contributed by atoms with E-state index in [9.17, 15) is 4.79 Å². The van der Waals surface area contributed by atoms with Crippen LogP contribution in [0.4, 0.5) is 0 Å². The molecular weight excluding hydrogens is 475 g/mol. The number of piperidine rings is 1. The van der Waals surface area contributed by atoms with Crippen molar-refractivity contribution in [3.8, 4) is 0 Å². The number of halogens is 1. The van der Waals surface area contributed by atoms with Crippen molar-refractivity contribution in [3.05, 3.63) is 35.4 Å². The van der Waals surface area contributed by atoms with Gasteiger partial charge in [0.2, 0.25) is 5.91 Å². The zero-order valence-corrected chi connectivity index (χ0v) is 21.0. The molecule has 29 heavy (non-hydrogen) atoms.